The zero-order chi connectivity index (χ0) is 48.7. The molecule has 2 aromatic heterocycles. The molecule has 0 saturated heterocycles. The van der Waals surface area contributed by atoms with E-state index in [9.17, 15) is 55.1 Å². The Balaban J connectivity index is 0.000000247. The number of alkyl halides is 6. The van der Waals surface area contributed by atoms with Crippen molar-refractivity contribution in [2.45, 2.75) is 26.2 Å². The van der Waals surface area contributed by atoms with Gasteiger partial charge in [0.05, 0.1) is 43.7 Å². The molecule has 16 nitrogen and oxygen atoms in total. The van der Waals surface area contributed by atoms with E-state index in [4.69, 9.17) is 34.7 Å². The molecule has 6 aromatic rings. The molecule has 0 radical (unpaired) electrons. The normalized spacial score (nSPS) is 11.1. The number of rotatable bonds is 10. The second kappa shape index (κ2) is 20.2. The monoisotopic (exact) mass is 958 g/mol. The predicted octanol–water partition coefficient (Wildman–Crippen LogP) is 10.1. The average Bonchev–Trinajstić information content (AvgIpc) is 3.83. The average molecular weight is 960 g/mol. The first-order valence-corrected chi connectivity index (χ1v) is 19.3. The van der Waals surface area contributed by atoms with E-state index < -0.39 is 59.2 Å². The molecule has 24 heteroatoms. The summed E-state index contributed by atoms with van der Waals surface area (Å²) >= 11 is 11.8. The van der Waals surface area contributed by atoms with Crippen molar-refractivity contribution in [2.24, 2.45) is 11.5 Å². The number of hydrogen-bond acceptors (Lipinski definition) is 6. The van der Waals surface area contributed by atoms with Crippen LogP contribution >= 0.6 is 23.2 Å². The zero-order valence-corrected chi connectivity index (χ0v) is 35.4. The van der Waals surface area contributed by atoms with E-state index in [1.54, 1.807) is 24.3 Å². The molecule has 0 unspecified atom stereocenters. The molecule has 0 spiro atoms. The van der Waals surface area contributed by atoms with Gasteiger partial charge in [0.25, 0.3) is 11.8 Å². The van der Waals surface area contributed by atoms with Crippen LogP contribution in [0.5, 0.6) is 0 Å². The third-order valence-electron chi connectivity index (χ3n) is 8.85. The minimum Gasteiger partial charge on any atom is -0.365 e. The lowest BCUT2D eigenvalue weighted by Crippen LogP contribution is -2.20. The Hall–Kier alpha value is -7.98. The molecule has 0 aliphatic carbocycles. The van der Waals surface area contributed by atoms with E-state index in [-0.39, 0.29) is 44.2 Å². The number of benzene rings is 4. The maximum atomic E-state index is 12.9. The highest BCUT2D eigenvalue weighted by Gasteiger charge is 2.32. The van der Waals surface area contributed by atoms with Crippen LogP contribution in [0.3, 0.4) is 0 Å². The van der Waals surface area contributed by atoms with Crippen LogP contribution in [0.25, 0.3) is 22.3 Å². The number of H-pyrrole nitrogens is 2. The molecule has 8 amide bonds. The van der Waals surface area contributed by atoms with Gasteiger partial charge in [-0.3, -0.25) is 19.2 Å². The molecular formula is C42H34Cl2F6N10O6. The summed E-state index contributed by atoms with van der Waals surface area (Å²) in [5.41, 5.74) is 11.3. The lowest BCUT2D eigenvalue weighted by atomic mass is 10.0. The topological polar surface area (TPSA) is 258 Å². The van der Waals surface area contributed by atoms with Crippen molar-refractivity contribution < 1.29 is 55.1 Å². The molecule has 0 aliphatic heterocycles. The highest BCUT2D eigenvalue weighted by atomic mass is 35.5. The number of nitrogens with two attached hydrogens (primary N) is 2. The Kier molecular flexibility index (Phi) is 15.0. The fourth-order valence-electron chi connectivity index (χ4n) is 5.99. The Labute approximate surface area is 378 Å². The van der Waals surface area contributed by atoms with Crippen molar-refractivity contribution in [1.29, 1.82) is 0 Å². The van der Waals surface area contributed by atoms with Crippen molar-refractivity contribution in [3.63, 3.8) is 0 Å². The Morgan fingerprint density at radius 3 is 1.12 bits per heavy atom. The van der Waals surface area contributed by atoms with E-state index in [0.29, 0.717) is 33.6 Å². The molecule has 344 valence electrons. The number of aromatic amines is 2. The highest BCUT2D eigenvalue weighted by Crippen LogP contribution is 2.36. The van der Waals surface area contributed by atoms with Crippen molar-refractivity contribution >= 4 is 93.3 Å². The number of halogens is 8. The van der Waals surface area contributed by atoms with Gasteiger partial charge in [-0.15, -0.1) is 0 Å². The van der Waals surface area contributed by atoms with Crippen molar-refractivity contribution in [2.75, 3.05) is 31.9 Å². The minimum absolute atomic E-state index is 0.0603. The SMILES string of the molecule is CC(=O)Nc1[nH]cc(-c2ccc(NC(=O)Nc3cc(C(F)(F)F)ccc3Cl)cc2)c1C(N)=O.CC(=O)Nc1[nH]cc(-c2ccc(NC(=O)Nc3cc(C(F)(F)F)ccc3Cl)cc2)c1C(N)=O. The van der Waals surface area contributed by atoms with Gasteiger partial charge in [0.2, 0.25) is 11.8 Å². The van der Waals surface area contributed by atoms with Crippen molar-refractivity contribution in [1.82, 2.24) is 9.97 Å². The van der Waals surface area contributed by atoms with E-state index in [1.807, 2.05) is 0 Å². The van der Waals surface area contributed by atoms with Gasteiger partial charge < -0.3 is 53.3 Å². The van der Waals surface area contributed by atoms with Crippen LogP contribution < -0.4 is 43.4 Å². The van der Waals surface area contributed by atoms with Crippen LogP contribution in [0, 0.1) is 0 Å². The Morgan fingerprint density at radius 1 is 0.500 bits per heavy atom. The summed E-state index contributed by atoms with van der Waals surface area (Å²) in [5.74, 6) is -1.98. The molecule has 66 heavy (non-hydrogen) atoms. The molecule has 0 fully saturated rings. The second-order valence-electron chi connectivity index (χ2n) is 13.7. The van der Waals surface area contributed by atoms with E-state index in [2.05, 4.69) is 41.9 Å². The number of anilines is 6. The molecule has 0 bridgehead atoms. The fourth-order valence-corrected chi connectivity index (χ4v) is 6.32. The zero-order valence-electron chi connectivity index (χ0n) is 33.9. The third-order valence-corrected chi connectivity index (χ3v) is 9.51. The Bertz CT molecular complexity index is 2640. The van der Waals surface area contributed by atoms with Gasteiger partial charge in [0.15, 0.2) is 0 Å². The summed E-state index contributed by atoms with van der Waals surface area (Å²) in [6.07, 6.45) is -6.18. The number of urea groups is 2. The van der Waals surface area contributed by atoms with E-state index in [0.717, 1.165) is 36.4 Å². The lowest BCUT2D eigenvalue weighted by molar-refractivity contribution is -0.138. The smallest absolute Gasteiger partial charge is 0.365 e. The molecule has 6 rings (SSSR count). The Morgan fingerprint density at radius 2 is 0.833 bits per heavy atom. The van der Waals surface area contributed by atoms with Crippen LogP contribution in [0.1, 0.15) is 45.7 Å². The molecule has 2 heterocycles. The molecular weight excluding hydrogens is 925 g/mol. The summed E-state index contributed by atoms with van der Waals surface area (Å²) in [5, 5.41) is 14.3. The first-order chi connectivity index (χ1) is 30.9. The van der Waals surface area contributed by atoms with Crippen molar-refractivity contribution in [3.8, 4) is 22.3 Å². The number of aromatic nitrogens is 2. The molecule has 0 aliphatic rings. The number of hydrogen-bond donors (Lipinski definition) is 10. The molecule has 0 atom stereocenters. The number of amides is 8. The fraction of sp³-hybridized carbons (Fsp3) is 0.0952. The number of carbonyl (C=O) groups excluding carboxylic acids is 6. The van der Waals surface area contributed by atoms with Gasteiger partial charge in [-0.25, -0.2) is 9.59 Å². The summed E-state index contributed by atoms with van der Waals surface area (Å²) in [4.78, 5) is 76.4. The first kappa shape index (κ1) is 49.0. The maximum absolute atomic E-state index is 12.9. The van der Waals surface area contributed by atoms with Gasteiger partial charge in [0, 0.05) is 48.7 Å². The van der Waals surface area contributed by atoms with Gasteiger partial charge in [0.1, 0.15) is 11.6 Å². The van der Waals surface area contributed by atoms with Gasteiger partial charge >= 0.3 is 24.4 Å². The summed E-state index contributed by atoms with van der Waals surface area (Å²) in [7, 11) is 0. The van der Waals surface area contributed by atoms with E-state index in [1.165, 1.54) is 50.5 Å². The van der Waals surface area contributed by atoms with E-state index >= 15 is 0 Å². The summed E-state index contributed by atoms with van der Waals surface area (Å²) < 4.78 is 77.3. The van der Waals surface area contributed by atoms with Gasteiger partial charge in [-0.2, -0.15) is 26.3 Å². The van der Waals surface area contributed by atoms with Crippen LogP contribution in [-0.2, 0) is 21.9 Å². The molecule has 4 aromatic carbocycles. The first-order valence-electron chi connectivity index (χ1n) is 18.6. The third kappa shape index (κ3) is 12.6. The standard InChI is InChI=1S/2C21H17ClF3N5O3/c2*1-10(31)28-19-17(18(26)32)14(9-27-19)11-2-5-13(6-3-11)29-20(33)30-16-8-12(21(23,24)25)4-7-15(16)22/h2*2-9,27H,1H3,(H2,26,32)(H,28,31)(H2,29,30,33). The lowest BCUT2D eigenvalue weighted by Gasteiger charge is -2.12. The van der Waals surface area contributed by atoms with Crippen LogP contribution in [0.4, 0.5) is 70.3 Å². The largest absolute Gasteiger partial charge is 0.416 e. The molecule has 12 N–H and O–H groups in total. The number of nitrogens with one attached hydrogen (secondary N) is 8. The van der Waals surface area contributed by atoms with Crippen LogP contribution in [0.15, 0.2) is 97.3 Å². The summed E-state index contributed by atoms with van der Waals surface area (Å²) in [6, 6.07) is 15.9. The number of carbonyl (C=O) groups is 6. The number of primary amides is 2. The van der Waals surface area contributed by atoms with Gasteiger partial charge in [-0.1, -0.05) is 47.5 Å². The quantitative estimate of drug-likeness (QED) is 0.0597. The maximum Gasteiger partial charge on any atom is 0.416 e. The second-order valence-corrected chi connectivity index (χ2v) is 14.5. The highest BCUT2D eigenvalue weighted by molar-refractivity contribution is 6.34. The predicted molar refractivity (Wildman–Crippen MR) is 236 cm³/mol. The minimum atomic E-state index is -4.59. The summed E-state index contributed by atoms with van der Waals surface area (Å²) in [6.45, 7) is 2.56. The van der Waals surface area contributed by atoms with Gasteiger partial charge in [-0.05, 0) is 71.8 Å². The van der Waals surface area contributed by atoms with Crippen LogP contribution in [-0.4, -0.2) is 45.7 Å². The van der Waals surface area contributed by atoms with Crippen molar-refractivity contribution in [3.05, 3.63) is 130 Å². The molecule has 0 saturated carbocycles. The van der Waals surface area contributed by atoms with Crippen LogP contribution in [0.2, 0.25) is 10.0 Å².